The van der Waals surface area contributed by atoms with Crippen LogP contribution in [0.2, 0.25) is 0 Å². The van der Waals surface area contributed by atoms with Crippen molar-refractivity contribution >= 4 is 11.3 Å². The molecule has 2 nitrogen and oxygen atoms in total. The second kappa shape index (κ2) is 5.54. The maximum atomic E-state index is 12.7. The number of aliphatic hydroxyl groups is 1. The van der Waals surface area contributed by atoms with Crippen LogP contribution in [0.15, 0.2) is 6.20 Å². The van der Waals surface area contributed by atoms with Crippen molar-refractivity contribution in [3.63, 3.8) is 0 Å². The highest BCUT2D eigenvalue weighted by Crippen LogP contribution is 2.45. The van der Waals surface area contributed by atoms with Crippen molar-refractivity contribution in [2.45, 2.75) is 64.7 Å². The van der Waals surface area contributed by atoms with Crippen LogP contribution in [-0.4, -0.2) is 10.1 Å². The summed E-state index contributed by atoms with van der Waals surface area (Å²) in [6, 6.07) is 0. The van der Waals surface area contributed by atoms with Crippen LogP contribution in [0.25, 0.3) is 0 Å². The van der Waals surface area contributed by atoms with E-state index >= 15 is 0 Å². The number of aromatic nitrogens is 1. The molecule has 21 heavy (non-hydrogen) atoms. The molecule has 1 aliphatic rings. The molecule has 1 aromatic heterocycles. The number of halogens is 3. The van der Waals surface area contributed by atoms with E-state index in [0.717, 1.165) is 19.3 Å². The van der Waals surface area contributed by atoms with Crippen molar-refractivity contribution in [2.75, 3.05) is 0 Å². The average molecular weight is 321 g/mol. The van der Waals surface area contributed by atoms with E-state index in [1.807, 2.05) is 0 Å². The van der Waals surface area contributed by atoms with E-state index in [-0.39, 0.29) is 5.41 Å². The van der Waals surface area contributed by atoms with Crippen molar-refractivity contribution in [2.24, 2.45) is 11.3 Å². The zero-order valence-electron chi connectivity index (χ0n) is 12.6. The molecule has 1 aliphatic carbocycles. The van der Waals surface area contributed by atoms with Gasteiger partial charge in [0.25, 0.3) is 0 Å². The van der Waals surface area contributed by atoms with Gasteiger partial charge in [-0.3, -0.25) is 0 Å². The van der Waals surface area contributed by atoms with Crippen molar-refractivity contribution in [3.8, 4) is 0 Å². The van der Waals surface area contributed by atoms with Crippen LogP contribution in [0.5, 0.6) is 0 Å². The highest BCUT2D eigenvalue weighted by molar-refractivity contribution is 7.11. The van der Waals surface area contributed by atoms with Crippen molar-refractivity contribution in [1.29, 1.82) is 0 Å². The second-order valence-corrected chi connectivity index (χ2v) is 8.08. The largest absolute Gasteiger partial charge is 0.443 e. The van der Waals surface area contributed by atoms with Gasteiger partial charge in [-0.05, 0) is 43.4 Å². The van der Waals surface area contributed by atoms with E-state index in [9.17, 15) is 18.3 Å². The molecule has 1 N–H and O–H groups in total. The maximum absolute atomic E-state index is 12.7. The van der Waals surface area contributed by atoms with Crippen LogP contribution in [-0.2, 0) is 11.8 Å². The molecule has 1 fully saturated rings. The fourth-order valence-corrected chi connectivity index (χ4v) is 3.98. The Balaban J connectivity index is 2.17. The fourth-order valence-electron chi connectivity index (χ4n) is 3.06. The predicted molar refractivity (Wildman–Crippen MR) is 77.0 cm³/mol. The molecule has 2 atom stereocenters. The molecule has 1 saturated carbocycles. The highest BCUT2D eigenvalue weighted by Gasteiger charge is 2.40. The molecular formula is C15H22F3NOS. The normalized spacial score (nSPS) is 28.4. The molecule has 1 aromatic rings. The molecule has 2 rings (SSSR count). The number of rotatable bonds is 1. The summed E-state index contributed by atoms with van der Waals surface area (Å²) in [7, 11) is 0. The first-order valence-electron chi connectivity index (χ1n) is 7.28. The van der Waals surface area contributed by atoms with Gasteiger partial charge in [-0.25, -0.2) is 4.98 Å². The predicted octanol–water partition coefficient (Wildman–Crippen LogP) is 4.98. The standard InChI is InChI=1S/C15H22F3NOS/c1-13(2,3)10-5-4-7-14(20,8-6-10)11-9-19-12(21-11)15(16,17)18/h9-10,20H,4-8H2,1-3H3. The van der Waals surface area contributed by atoms with Gasteiger partial charge in [0.1, 0.15) is 5.60 Å². The maximum Gasteiger partial charge on any atom is 0.443 e. The minimum absolute atomic E-state index is 0.163. The van der Waals surface area contributed by atoms with Crippen LogP contribution in [0, 0.1) is 11.3 Å². The van der Waals surface area contributed by atoms with Gasteiger partial charge < -0.3 is 5.11 Å². The average Bonchev–Trinajstić information content (AvgIpc) is 2.74. The first-order valence-corrected chi connectivity index (χ1v) is 8.10. The first-order chi connectivity index (χ1) is 9.52. The minimum Gasteiger partial charge on any atom is -0.384 e. The summed E-state index contributed by atoms with van der Waals surface area (Å²) in [5, 5.41) is 9.92. The van der Waals surface area contributed by atoms with Crippen LogP contribution >= 0.6 is 11.3 Å². The molecule has 0 bridgehead atoms. The Labute approximate surface area is 127 Å². The monoisotopic (exact) mass is 321 g/mol. The summed E-state index contributed by atoms with van der Waals surface area (Å²) in [6.07, 6.45) is 0.462. The third-order valence-electron chi connectivity index (χ3n) is 4.48. The summed E-state index contributed by atoms with van der Waals surface area (Å²) in [5.74, 6) is 0.488. The number of alkyl halides is 3. The lowest BCUT2D eigenvalue weighted by atomic mass is 9.76. The van der Waals surface area contributed by atoms with E-state index in [1.54, 1.807) is 0 Å². The summed E-state index contributed by atoms with van der Waals surface area (Å²) in [6.45, 7) is 6.53. The molecule has 0 radical (unpaired) electrons. The van der Waals surface area contributed by atoms with Gasteiger partial charge in [-0.15, -0.1) is 11.3 Å². The van der Waals surface area contributed by atoms with Crippen molar-refractivity contribution < 1.29 is 18.3 Å². The second-order valence-electron chi connectivity index (χ2n) is 7.05. The Bertz CT molecular complexity index is 492. The Hall–Kier alpha value is -0.620. The molecule has 0 aromatic carbocycles. The van der Waals surface area contributed by atoms with Crippen molar-refractivity contribution in [1.82, 2.24) is 4.98 Å². The minimum atomic E-state index is -4.43. The van der Waals surface area contributed by atoms with Gasteiger partial charge in [-0.2, -0.15) is 13.2 Å². The summed E-state index contributed by atoms with van der Waals surface area (Å²) < 4.78 is 38.0. The quantitative estimate of drug-likeness (QED) is 0.740. The van der Waals surface area contributed by atoms with E-state index in [0.29, 0.717) is 35.0 Å². The van der Waals surface area contributed by atoms with Crippen LogP contribution < -0.4 is 0 Å². The zero-order chi connectivity index (χ0) is 15.9. The third-order valence-corrected chi connectivity index (χ3v) is 5.72. The molecule has 0 saturated heterocycles. The van der Waals surface area contributed by atoms with Gasteiger partial charge in [0.2, 0.25) is 0 Å². The molecule has 0 amide bonds. The van der Waals surface area contributed by atoms with E-state index in [1.165, 1.54) is 6.20 Å². The van der Waals surface area contributed by atoms with E-state index in [2.05, 4.69) is 25.8 Å². The Morgan fingerprint density at radius 3 is 2.43 bits per heavy atom. The zero-order valence-corrected chi connectivity index (χ0v) is 13.4. The van der Waals surface area contributed by atoms with Crippen LogP contribution in [0.4, 0.5) is 13.2 Å². The van der Waals surface area contributed by atoms with Crippen LogP contribution in [0.3, 0.4) is 0 Å². The number of hydrogen-bond donors (Lipinski definition) is 1. The lowest BCUT2D eigenvalue weighted by molar-refractivity contribution is -0.137. The molecular weight excluding hydrogens is 299 g/mol. The lowest BCUT2D eigenvalue weighted by Crippen LogP contribution is -2.24. The highest BCUT2D eigenvalue weighted by atomic mass is 32.1. The molecule has 2 unspecified atom stereocenters. The molecule has 0 spiro atoms. The number of nitrogens with zero attached hydrogens (tertiary/aromatic N) is 1. The van der Waals surface area contributed by atoms with Crippen molar-refractivity contribution in [3.05, 3.63) is 16.1 Å². The summed E-state index contributed by atoms with van der Waals surface area (Å²) >= 11 is 0.577. The SMILES string of the molecule is CC(C)(C)C1CCCC(O)(c2cnc(C(F)(F)F)s2)CC1. The molecule has 6 heteroatoms. The lowest BCUT2D eigenvalue weighted by Gasteiger charge is -2.30. The Morgan fingerprint density at radius 1 is 1.24 bits per heavy atom. The first kappa shape index (κ1) is 16.7. The van der Waals surface area contributed by atoms with Gasteiger partial charge in [0.15, 0.2) is 5.01 Å². The van der Waals surface area contributed by atoms with E-state index < -0.39 is 16.8 Å². The summed E-state index contributed by atoms with van der Waals surface area (Å²) in [5.41, 5.74) is -0.989. The fraction of sp³-hybridized carbons (Fsp3) is 0.800. The van der Waals surface area contributed by atoms with Gasteiger partial charge in [0.05, 0.1) is 4.88 Å². The smallest absolute Gasteiger partial charge is 0.384 e. The van der Waals surface area contributed by atoms with E-state index in [4.69, 9.17) is 0 Å². The number of hydrogen-bond acceptors (Lipinski definition) is 3. The molecule has 120 valence electrons. The Kier molecular flexibility index (Phi) is 4.42. The van der Waals surface area contributed by atoms with Gasteiger partial charge >= 0.3 is 6.18 Å². The van der Waals surface area contributed by atoms with Gasteiger partial charge in [-0.1, -0.05) is 20.8 Å². The number of thiazole rings is 1. The summed E-state index contributed by atoms with van der Waals surface area (Å²) in [4.78, 5) is 3.79. The van der Waals surface area contributed by atoms with Crippen LogP contribution in [0.1, 0.15) is 62.8 Å². The topological polar surface area (TPSA) is 33.1 Å². The Morgan fingerprint density at radius 2 is 1.90 bits per heavy atom. The van der Waals surface area contributed by atoms with Gasteiger partial charge in [0, 0.05) is 6.20 Å². The molecule has 0 aliphatic heterocycles. The third kappa shape index (κ3) is 3.77. The molecule has 1 heterocycles.